The molecule has 1 saturated heterocycles. The van der Waals surface area contributed by atoms with Gasteiger partial charge in [0.1, 0.15) is 0 Å². The van der Waals surface area contributed by atoms with Crippen molar-refractivity contribution in [2.24, 2.45) is 16.8 Å². The van der Waals surface area contributed by atoms with E-state index in [9.17, 15) is 9.59 Å². The van der Waals surface area contributed by atoms with Gasteiger partial charge in [0.2, 0.25) is 5.91 Å². The maximum atomic E-state index is 11.5. The van der Waals surface area contributed by atoms with Crippen LogP contribution in [0.15, 0.2) is 4.99 Å². The quantitative estimate of drug-likeness (QED) is 0.218. The lowest BCUT2D eigenvalue weighted by Crippen LogP contribution is -2.48. The smallest absolute Gasteiger partial charge is 0.308 e. The Labute approximate surface area is 155 Å². The van der Waals surface area contributed by atoms with Gasteiger partial charge in [0.15, 0.2) is 5.96 Å². The van der Waals surface area contributed by atoms with Gasteiger partial charge in [-0.2, -0.15) is 0 Å². The van der Waals surface area contributed by atoms with E-state index in [0.717, 1.165) is 31.9 Å². The Hall–Kier alpha value is -1.06. The molecule has 1 aliphatic heterocycles. The molecule has 1 rings (SSSR count). The first-order valence-electron chi connectivity index (χ1n) is 7.80. The molecule has 1 aliphatic rings. The minimum Gasteiger partial charge on any atom is -0.469 e. The summed E-state index contributed by atoms with van der Waals surface area (Å²) in [5.41, 5.74) is 0. The van der Waals surface area contributed by atoms with Gasteiger partial charge in [0, 0.05) is 39.1 Å². The molecule has 0 aromatic rings. The molecule has 0 spiro atoms. The topological polar surface area (TPSA) is 83.0 Å². The van der Waals surface area contributed by atoms with E-state index in [1.165, 1.54) is 7.11 Å². The third kappa shape index (κ3) is 7.36. The Morgan fingerprint density at radius 1 is 1.22 bits per heavy atom. The van der Waals surface area contributed by atoms with Crippen LogP contribution < -0.4 is 10.6 Å². The molecular weight excluding hydrogens is 411 g/mol. The highest BCUT2D eigenvalue weighted by atomic mass is 127. The highest BCUT2D eigenvalue weighted by Crippen LogP contribution is 2.18. The molecule has 1 amide bonds. The Bertz CT molecular complexity index is 408. The number of esters is 1. The second kappa shape index (κ2) is 11.5. The molecule has 1 fully saturated rings. The molecule has 134 valence electrons. The summed E-state index contributed by atoms with van der Waals surface area (Å²) in [6, 6.07) is 0. The zero-order chi connectivity index (χ0) is 16.5. The molecule has 0 bridgehead atoms. The fourth-order valence-electron chi connectivity index (χ4n) is 2.39. The first-order valence-corrected chi connectivity index (χ1v) is 7.80. The molecular formula is C15H29IN4O3. The van der Waals surface area contributed by atoms with Gasteiger partial charge in [-0.25, -0.2) is 0 Å². The number of nitrogens with one attached hydrogen (secondary N) is 2. The third-order valence-corrected chi connectivity index (χ3v) is 3.77. The van der Waals surface area contributed by atoms with E-state index in [0.29, 0.717) is 13.1 Å². The van der Waals surface area contributed by atoms with Gasteiger partial charge < -0.3 is 20.3 Å². The molecule has 0 aliphatic carbocycles. The number of methoxy groups -OCH3 is 1. The number of carbonyl (C=O) groups is 2. The molecule has 7 nitrogen and oxygen atoms in total. The molecule has 0 saturated carbocycles. The number of rotatable bonds is 5. The standard InChI is InChI=1S/C15H28N4O3.HI/c1-11(2)13(20)17-7-8-18-15(16-3)19-9-5-12(6-10-19)14(21)22-4;/h11-12H,5-10H2,1-4H3,(H,16,18)(H,17,20);1H. The first-order chi connectivity index (χ1) is 10.5. The number of carbonyl (C=O) groups excluding carboxylic acids is 2. The van der Waals surface area contributed by atoms with Crippen LogP contribution in [0, 0.1) is 11.8 Å². The fourth-order valence-corrected chi connectivity index (χ4v) is 2.39. The predicted octanol–water partition coefficient (Wildman–Crippen LogP) is 0.837. The normalized spacial score (nSPS) is 15.9. The van der Waals surface area contributed by atoms with Crippen molar-refractivity contribution in [3.8, 4) is 0 Å². The molecule has 1 heterocycles. The van der Waals surface area contributed by atoms with Crippen molar-refractivity contribution >= 4 is 41.8 Å². The number of aliphatic imine (C=N–C) groups is 1. The van der Waals surface area contributed by atoms with Crippen molar-refractivity contribution in [3.63, 3.8) is 0 Å². The first kappa shape index (κ1) is 21.9. The lowest BCUT2D eigenvalue weighted by Gasteiger charge is -2.33. The highest BCUT2D eigenvalue weighted by Gasteiger charge is 2.26. The van der Waals surface area contributed by atoms with Crippen LogP contribution in [0.25, 0.3) is 0 Å². The highest BCUT2D eigenvalue weighted by molar-refractivity contribution is 14.0. The van der Waals surface area contributed by atoms with Crippen LogP contribution in [0.5, 0.6) is 0 Å². The molecule has 23 heavy (non-hydrogen) atoms. The monoisotopic (exact) mass is 440 g/mol. The van der Waals surface area contributed by atoms with Crippen LogP contribution in [0.1, 0.15) is 26.7 Å². The van der Waals surface area contributed by atoms with E-state index >= 15 is 0 Å². The minimum absolute atomic E-state index is 0. The van der Waals surface area contributed by atoms with Crippen molar-refractivity contribution in [3.05, 3.63) is 0 Å². The molecule has 0 aromatic carbocycles. The SMILES string of the molecule is CN=C(NCCNC(=O)C(C)C)N1CCC(C(=O)OC)CC1.I. The van der Waals surface area contributed by atoms with E-state index in [-0.39, 0.29) is 47.7 Å². The summed E-state index contributed by atoms with van der Waals surface area (Å²) >= 11 is 0. The van der Waals surface area contributed by atoms with Crippen LogP contribution >= 0.6 is 24.0 Å². The molecule has 0 aromatic heterocycles. The zero-order valence-corrected chi connectivity index (χ0v) is 16.8. The van der Waals surface area contributed by atoms with Crippen LogP contribution in [-0.2, 0) is 14.3 Å². The number of ether oxygens (including phenoxy) is 1. The van der Waals surface area contributed by atoms with Crippen LogP contribution in [0.3, 0.4) is 0 Å². The number of guanidine groups is 1. The van der Waals surface area contributed by atoms with Gasteiger partial charge >= 0.3 is 5.97 Å². The van der Waals surface area contributed by atoms with Gasteiger partial charge in [-0.05, 0) is 12.8 Å². The number of nitrogens with zero attached hydrogens (tertiary/aromatic N) is 2. The summed E-state index contributed by atoms with van der Waals surface area (Å²) in [6.07, 6.45) is 1.55. The lowest BCUT2D eigenvalue weighted by molar-refractivity contribution is -0.146. The van der Waals surface area contributed by atoms with E-state index in [1.807, 2.05) is 13.8 Å². The second-order valence-corrected chi connectivity index (χ2v) is 5.70. The maximum Gasteiger partial charge on any atom is 0.308 e. The summed E-state index contributed by atoms with van der Waals surface area (Å²) in [6.45, 7) is 6.48. The van der Waals surface area contributed by atoms with Gasteiger partial charge in [-0.1, -0.05) is 13.8 Å². The molecule has 2 N–H and O–H groups in total. The summed E-state index contributed by atoms with van der Waals surface area (Å²) in [7, 11) is 3.17. The summed E-state index contributed by atoms with van der Waals surface area (Å²) in [5, 5.41) is 6.09. The van der Waals surface area contributed by atoms with Crippen LogP contribution in [0.2, 0.25) is 0 Å². The van der Waals surface area contributed by atoms with E-state index in [4.69, 9.17) is 4.74 Å². The summed E-state index contributed by atoms with van der Waals surface area (Å²) in [4.78, 5) is 29.4. The van der Waals surface area contributed by atoms with Crippen LogP contribution in [-0.4, -0.2) is 63.1 Å². The van der Waals surface area contributed by atoms with Crippen molar-refractivity contribution in [2.45, 2.75) is 26.7 Å². The van der Waals surface area contributed by atoms with E-state index in [1.54, 1.807) is 7.05 Å². The molecule has 0 radical (unpaired) electrons. The fraction of sp³-hybridized carbons (Fsp3) is 0.800. The Kier molecular flexibility index (Phi) is 10.9. The van der Waals surface area contributed by atoms with Gasteiger partial charge in [0.05, 0.1) is 13.0 Å². The number of halogens is 1. The third-order valence-electron chi connectivity index (χ3n) is 3.77. The second-order valence-electron chi connectivity index (χ2n) is 5.70. The Morgan fingerprint density at radius 3 is 2.26 bits per heavy atom. The van der Waals surface area contributed by atoms with Crippen molar-refractivity contribution in [1.29, 1.82) is 0 Å². The number of piperidine rings is 1. The van der Waals surface area contributed by atoms with Crippen molar-refractivity contribution < 1.29 is 14.3 Å². The molecule has 8 heteroatoms. The van der Waals surface area contributed by atoms with Gasteiger partial charge in [-0.15, -0.1) is 24.0 Å². The number of hydrogen-bond acceptors (Lipinski definition) is 4. The van der Waals surface area contributed by atoms with Gasteiger partial charge in [-0.3, -0.25) is 14.6 Å². The summed E-state index contributed by atoms with van der Waals surface area (Å²) in [5.74, 6) is 0.720. The number of amides is 1. The Morgan fingerprint density at radius 2 is 1.78 bits per heavy atom. The predicted molar refractivity (Wildman–Crippen MR) is 101 cm³/mol. The van der Waals surface area contributed by atoms with E-state index < -0.39 is 0 Å². The average Bonchev–Trinajstić information content (AvgIpc) is 2.54. The number of likely N-dealkylation sites (tertiary alicyclic amines) is 1. The molecule has 0 unspecified atom stereocenters. The lowest BCUT2D eigenvalue weighted by atomic mass is 9.97. The number of hydrogen-bond donors (Lipinski definition) is 2. The zero-order valence-electron chi connectivity index (χ0n) is 14.4. The van der Waals surface area contributed by atoms with Crippen LogP contribution in [0.4, 0.5) is 0 Å². The van der Waals surface area contributed by atoms with Crippen molar-refractivity contribution in [2.75, 3.05) is 40.3 Å². The Balaban J connectivity index is 0.00000484. The van der Waals surface area contributed by atoms with E-state index in [2.05, 4.69) is 20.5 Å². The maximum absolute atomic E-state index is 11.5. The minimum atomic E-state index is -0.126. The average molecular weight is 440 g/mol. The largest absolute Gasteiger partial charge is 0.469 e. The molecule has 0 atom stereocenters. The summed E-state index contributed by atoms with van der Waals surface area (Å²) < 4.78 is 4.79. The van der Waals surface area contributed by atoms with Crippen molar-refractivity contribution in [1.82, 2.24) is 15.5 Å². The van der Waals surface area contributed by atoms with Gasteiger partial charge in [0.25, 0.3) is 0 Å².